The molecule has 2 rings (SSSR count). The topological polar surface area (TPSA) is 81.4 Å². The van der Waals surface area contributed by atoms with Crippen molar-refractivity contribution < 1.29 is 14.3 Å². The van der Waals surface area contributed by atoms with E-state index in [1.165, 1.54) is 11.3 Å². The number of primary amides is 1. The summed E-state index contributed by atoms with van der Waals surface area (Å²) in [6, 6.07) is 7.81. The van der Waals surface area contributed by atoms with Crippen LogP contribution in [0.25, 0.3) is 0 Å². The van der Waals surface area contributed by atoms with Gasteiger partial charge in [0.25, 0.3) is 11.8 Å². The number of hydrogen-bond acceptors (Lipinski definition) is 4. The molecule has 0 radical (unpaired) electrons. The van der Waals surface area contributed by atoms with E-state index in [9.17, 15) is 9.59 Å². The number of ether oxygens (including phenoxy) is 1. The Balaban J connectivity index is 2.24. The van der Waals surface area contributed by atoms with E-state index in [4.69, 9.17) is 10.5 Å². The van der Waals surface area contributed by atoms with Crippen LogP contribution < -0.4 is 15.8 Å². The van der Waals surface area contributed by atoms with Gasteiger partial charge in [-0.05, 0) is 49.8 Å². The van der Waals surface area contributed by atoms with Gasteiger partial charge in [-0.25, -0.2) is 0 Å². The zero-order valence-corrected chi connectivity index (χ0v) is 17.4. The second-order valence-electron chi connectivity index (χ2n) is 6.70. The molecule has 5 nitrogen and oxygen atoms in total. The molecule has 27 heavy (non-hydrogen) atoms. The first-order valence-corrected chi connectivity index (χ1v) is 10.1. The molecule has 1 aromatic heterocycles. The summed E-state index contributed by atoms with van der Waals surface area (Å²) < 4.78 is 6.07. The zero-order chi connectivity index (χ0) is 20.1. The van der Waals surface area contributed by atoms with Crippen molar-refractivity contribution in [2.45, 2.75) is 59.5 Å². The van der Waals surface area contributed by atoms with Crippen LogP contribution in [0.4, 0.5) is 5.00 Å². The van der Waals surface area contributed by atoms with E-state index < -0.39 is 12.0 Å². The van der Waals surface area contributed by atoms with Gasteiger partial charge in [-0.15, -0.1) is 11.3 Å². The van der Waals surface area contributed by atoms with E-state index in [2.05, 4.69) is 19.2 Å². The molecule has 3 N–H and O–H groups in total. The molecule has 0 spiro atoms. The highest BCUT2D eigenvalue weighted by atomic mass is 32.1. The zero-order valence-electron chi connectivity index (χ0n) is 16.6. The van der Waals surface area contributed by atoms with Crippen LogP contribution in [-0.4, -0.2) is 17.9 Å². The van der Waals surface area contributed by atoms with Gasteiger partial charge < -0.3 is 15.8 Å². The summed E-state index contributed by atoms with van der Waals surface area (Å²) in [6.45, 7) is 9.89. The lowest BCUT2D eigenvalue weighted by Crippen LogP contribution is -2.33. The van der Waals surface area contributed by atoms with Crippen molar-refractivity contribution in [2.24, 2.45) is 5.73 Å². The Kier molecular flexibility index (Phi) is 7.02. The van der Waals surface area contributed by atoms with Crippen molar-refractivity contribution in [3.8, 4) is 5.75 Å². The van der Waals surface area contributed by atoms with Crippen LogP contribution in [0.15, 0.2) is 24.3 Å². The first-order chi connectivity index (χ1) is 12.8. The lowest BCUT2D eigenvalue weighted by Gasteiger charge is -2.21. The number of para-hydroxylation sites is 1. The normalized spacial score (nSPS) is 13.1. The molecule has 0 saturated heterocycles. The summed E-state index contributed by atoms with van der Waals surface area (Å²) in [5.74, 6) is 0.247. The third-order valence-electron chi connectivity index (χ3n) is 4.86. The molecule has 1 heterocycles. The Labute approximate surface area is 164 Å². The van der Waals surface area contributed by atoms with Gasteiger partial charge in [-0.1, -0.05) is 39.0 Å². The standard InChI is InChI=1S/C21H28N2O3S/c1-6-12(3)15-10-8-9-11-17(15)26-16(7-2)20(25)23-21-18(19(22)24)13(4)14(5)27-21/h8-12,16H,6-7H2,1-5H3,(H2,22,24)(H,23,25). The average Bonchev–Trinajstić information content (AvgIpc) is 2.92. The van der Waals surface area contributed by atoms with Crippen LogP contribution in [-0.2, 0) is 4.79 Å². The third kappa shape index (κ3) is 4.69. The molecule has 0 saturated carbocycles. The Bertz CT molecular complexity index is 829. The maximum absolute atomic E-state index is 12.8. The lowest BCUT2D eigenvalue weighted by molar-refractivity contribution is -0.122. The fraction of sp³-hybridized carbons (Fsp3) is 0.429. The summed E-state index contributed by atoms with van der Waals surface area (Å²) in [6.07, 6.45) is 0.841. The summed E-state index contributed by atoms with van der Waals surface area (Å²) in [5.41, 5.74) is 7.76. The van der Waals surface area contributed by atoms with Crippen LogP contribution in [0.2, 0.25) is 0 Å². The number of hydrogen-bond donors (Lipinski definition) is 2. The summed E-state index contributed by atoms with van der Waals surface area (Å²) in [4.78, 5) is 25.5. The highest BCUT2D eigenvalue weighted by molar-refractivity contribution is 7.16. The quantitative estimate of drug-likeness (QED) is 0.683. The molecule has 146 valence electrons. The predicted octanol–water partition coefficient (Wildman–Crippen LogP) is 4.77. The van der Waals surface area contributed by atoms with Gasteiger partial charge in [0, 0.05) is 4.88 Å². The van der Waals surface area contributed by atoms with E-state index >= 15 is 0 Å². The van der Waals surface area contributed by atoms with Crippen LogP contribution >= 0.6 is 11.3 Å². The largest absolute Gasteiger partial charge is 0.480 e. The van der Waals surface area contributed by atoms with E-state index in [0.717, 1.165) is 28.2 Å². The Morgan fingerprint density at radius 1 is 1.19 bits per heavy atom. The maximum atomic E-state index is 12.8. The Morgan fingerprint density at radius 2 is 1.85 bits per heavy atom. The third-order valence-corrected chi connectivity index (χ3v) is 5.99. The van der Waals surface area contributed by atoms with Gasteiger partial charge >= 0.3 is 0 Å². The van der Waals surface area contributed by atoms with Gasteiger partial charge in [0.05, 0.1) is 5.56 Å². The number of nitrogens with two attached hydrogens (primary N) is 1. The van der Waals surface area contributed by atoms with E-state index in [-0.39, 0.29) is 5.91 Å². The molecule has 0 fully saturated rings. The number of thiophene rings is 1. The first kappa shape index (κ1) is 21.0. The van der Waals surface area contributed by atoms with Crippen molar-refractivity contribution in [2.75, 3.05) is 5.32 Å². The van der Waals surface area contributed by atoms with Gasteiger partial charge in [0.15, 0.2) is 6.10 Å². The molecule has 0 aliphatic heterocycles. The van der Waals surface area contributed by atoms with E-state index in [1.54, 1.807) is 0 Å². The fourth-order valence-corrected chi connectivity index (χ4v) is 3.96. The SMILES string of the molecule is CCC(Oc1ccccc1C(C)CC)C(=O)Nc1sc(C)c(C)c1C(N)=O. The molecular formula is C21H28N2O3S. The molecule has 2 atom stereocenters. The van der Waals surface area contributed by atoms with E-state index in [1.807, 2.05) is 45.0 Å². The van der Waals surface area contributed by atoms with Crippen LogP contribution in [0, 0.1) is 13.8 Å². The molecule has 0 bridgehead atoms. The molecule has 2 aromatic rings. The molecule has 0 aliphatic carbocycles. The minimum atomic E-state index is -0.654. The Hall–Kier alpha value is -2.34. The smallest absolute Gasteiger partial charge is 0.266 e. The van der Waals surface area contributed by atoms with Crippen molar-refractivity contribution >= 4 is 28.2 Å². The number of amides is 2. The number of rotatable bonds is 8. The minimum absolute atomic E-state index is 0.278. The first-order valence-electron chi connectivity index (χ1n) is 9.26. The highest BCUT2D eigenvalue weighted by Crippen LogP contribution is 2.33. The predicted molar refractivity (Wildman–Crippen MR) is 111 cm³/mol. The molecule has 2 unspecified atom stereocenters. The second kappa shape index (κ2) is 9.04. The van der Waals surface area contributed by atoms with Gasteiger partial charge in [0.2, 0.25) is 0 Å². The summed E-state index contributed by atoms with van der Waals surface area (Å²) in [5, 5.41) is 3.33. The number of carbonyl (C=O) groups is 2. The molecule has 2 amide bonds. The molecule has 6 heteroatoms. The van der Waals surface area contributed by atoms with E-state index in [0.29, 0.717) is 22.9 Å². The van der Waals surface area contributed by atoms with Crippen LogP contribution in [0.1, 0.15) is 65.9 Å². The summed E-state index contributed by atoms with van der Waals surface area (Å²) in [7, 11) is 0. The van der Waals surface area contributed by atoms with Gasteiger partial charge in [-0.3, -0.25) is 9.59 Å². The minimum Gasteiger partial charge on any atom is -0.480 e. The number of anilines is 1. The van der Waals surface area contributed by atoms with Crippen LogP contribution in [0.5, 0.6) is 5.75 Å². The summed E-state index contributed by atoms with van der Waals surface area (Å²) >= 11 is 1.36. The average molecular weight is 389 g/mol. The van der Waals surface area contributed by atoms with Crippen molar-refractivity contribution in [3.63, 3.8) is 0 Å². The fourth-order valence-electron chi connectivity index (χ4n) is 2.89. The van der Waals surface area contributed by atoms with Crippen molar-refractivity contribution in [1.82, 2.24) is 0 Å². The second-order valence-corrected chi connectivity index (χ2v) is 7.93. The monoisotopic (exact) mass is 388 g/mol. The van der Waals surface area contributed by atoms with Crippen molar-refractivity contribution in [3.05, 3.63) is 45.8 Å². The lowest BCUT2D eigenvalue weighted by atomic mass is 9.98. The van der Waals surface area contributed by atoms with Crippen LogP contribution in [0.3, 0.4) is 0 Å². The number of carbonyl (C=O) groups excluding carboxylic acids is 2. The number of benzene rings is 1. The highest BCUT2D eigenvalue weighted by Gasteiger charge is 2.24. The molecular weight excluding hydrogens is 360 g/mol. The number of aryl methyl sites for hydroxylation is 1. The number of nitrogens with one attached hydrogen (secondary N) is 1. The maximum Gasteiger partial charge on any atom is 0.266 e. The van der Waals surface area contributed by atoms with Gasteiger partial charge in [0.1, 0.15) is 10.8 Å². The molecule has 1 aromatic carbocycles. The Morgan fingerprint density at radius 3 is 2.44 bits per heavy atom. The van der Waals surface area contributed by atoms with Gasteiger partial charge in [-0.2, -0.15) is 0 Å². The molecule has 0 aliphatic rings. The van der Waals surface area contributed by atoms with Crippen molar-refractivity contribution in [1.29, 1.82) is 0 Å².